The predicted molar refractivity (Wildman–Crippen MR) is 105 cm³/mol. The van der Waals surface area contributed by atoms with Gasteiger partial charge in [-0.3, -0.25) is 4.79 Å². The second-order valence-electron chi connectivity index (χ2n) is 9.09. The Labute approximate surface area is 156 Å². The number of carbonyl (C=O) groups is 1. The first kappa shape index (κ1) is 16.6. The van der Waals surface area contributed by atoms with E-state index in [1.807, 2.05) is 6.07 Å². The molecule has 2 bridgehead atoms. The molecule has 3 nitrogen and oxygen atoms in total. The summed E-state index contributed by atoms with van der Waals surface area (Å²) in [5, 5.41) is 3.13. The van der Waals surface area contributed by atoms with Crippen LogP contribution in [0, 0.1) is 17.8 Å². The van der Waals surface area contributed by atoms with Gasteiger partial charge >= 0.3 is 0 Å². The number of hydrogen-bond acceptors (Lipinski definition) is 2. The lowest BCUT2D eigenvalue weighted by atomic mass is 9.69. The number of rotatable bonds is 2. The molecule has 1 aromatic rings. The topological polar surface area (TPSA) is 32.3 Å². The van der Waals surface area contributed by atoms with Crippen LogP contribution in [-0.2, 0) is 10.2 Å². The highest BCUT2D eigenvalue weighted by atomic mass is 16.1. The quantitative estimate of drug-likeness (QED) is 0.804. The first-order chi connectivity index (χ1) is 12.7. The van der Waals surface area contributed by atoms with Crippen LogP contribution in [0.2, 0.25) is 0 Å². The van der Waals surface area contributed by atoms with E-state index >= 15 is 0 Å². The Kier molecular flexibility index (Phi) is 4.16. The fourth-order valence-electron chi connectivity index (χ4n) is 6.14. The molecule has 3 atom stereocenters. The number of nitrogens with one attached hydrogen (secondary N) is 1. The van der Waals surface area contributed by atoms with Crippen molar-refractivity contribution in [3.05, 3.63) is 42.0 Å². The smallest absolute Gasteiger partial charge is 0.224 e. The normalized spacial score (nSPS) is 32.9. The molecule has 1 N–H and O–H groups in total. The van der Waals surface area contributed by atoms with Gasteiger partial charge in [0, 0.05) is 24.1 Å². The summed E-state index contributed by atoms with van der Waals surface area (Å²) in [4.78, 5) is 14.9. The monoisotopic (exact) mass is 350 g/mol. The third kappa shape index (κ3) is 2.90. The minimum atomic E-state index is 0.183. The Hall–Kier alpha value is -1.61. The van der Waals surface area contributed by atoms with Crippen LogP contribution >= 0.6 is 0 Å². The second kappa shape index (κ2) is 6.53. The average molecular weight is 351 g/mol. The van der Waals surface area contributed by atoms with Crippen molar-refractivity contribution in [2.45, 2.75) is 50.4 Å². The van der Waals surface area contributed by atoms with Gasteiger partial charge in [0.25, 0.3) is 0 Å². The zero-order chi connectivity index (χ0) is 17.6. The molecule has 0 radical (unpaired) electrons. The summed E-state index contributed by atoms with van der Waals surface area (Å²) in [6.45, 7) is 3.66. The standard InChI is InChI=1S/C23H30N2O/c26-22-8-9-23(20-6-1-2-7-21(20)24-22)10-12-25(13-11-23)16-19-15-17-4-3-5-18(19)14-17/h1-4,6-7,17-19H,5,8-16H2,(H,24,26). The molecule has 3 unspecified atom stereocenters. The Bertz CT molecular complexity index is 717. The van der Waals surface area contributed by atoms with Crippen molar-refractivity contribution in [1.82, 2.24) is 4.90 Å². The number of benzene rings is 1. The van der Waals surface area contributed by atoms with Crippen molar-refractivity contribution in [2.75, 3.05) is 25.0 Å². The van der Waals surface area contributed by atoms with Gasteiger partial charge in [-0.2, -0.15) is 0 Å². The van der Waals surface area contributed by atoms with Crippen LogP contribution < -0.4 is 5.32 Å². The number of hydrogen-bond donors (Lipinski definition) is 1. The molecule has 2 aliphatic carbocycles. The summed E-state index contributed by atoms with van der Waals surface area (Å²) in [7, 11) is 0. The molecule has 1 spiro atoms. The van der Waals surface area contributed by atoms with E-state index in [-0.39, 0.29) is 11.3 Å². The zero-order valence-electron chi connectivity index (χ0n) is 15.6. The number of piperidine rings is 1. The molecule has 5 rings (SSSR count). The highest BCUT2D eigenvalue weighted by molar-refractivity contribution is 5.92. The van der Waals surface area contributed by atoms with E-state index in [1.54, 1.807) is 0 Å². The van der Waals surface area contributed by atoms with Crippen LogP contribution in [0.25, 0.3) is 0 Å². The number of nitrogens with zero attached hydrogens (tertiary/aromatic N) is 1. The number of likely N-dealkylation sites (tertiary alicyclic amines) is 1. The molecule has 1 saturated carbocycles. The van der Waals surface area contributed by atoms with Gasteiger partial charge in [0.2, 0.25) is 5.91 Å². The molecule has 2 aliphatic heterocycles. The maximum Gasteiger partial charge on any atom is 0.224 e. The summed E-state index contributed by atoms with van der Waals surface area (Å²) in [5.74, 6) is 2.87. The number of amides is 1. The van der Waals surface area contributed by atoms with Crippen LogP contribution in [-0.4, -0.2) is 30.4 Å². The van der Waals surface area contributed by atoms with Gasteiger partial charge in [-0.05, 0) is 81.0 Å². The van der Waals surface area contributed by atoms with Crippen LogP contribution in [0.4, 0.5) is 5.69 Å². The minimum absolute atomic E-state index is 0.183. The fourth-order valence-corrected chi connectivity index (χ4v) is 6.14. The predicted octanol–water partition coefficient (Wildman–Crippen LogP) is 4.35. The molecule has 1 saturated heterocycles. The first-order valence-corrected chi connectivity index (χ1v) is 10.5. The maximum atomic E-state index is 12.1. The van der Waals surface area contributed by atoms with Gasteiger partial charge in [-0.25, -0.2) is 0 Å². The lowest BCUT2D eigenvalue weighted by molar-refractivity contribution is -0.116. The first-order valence-electron chi connectivity index (χ1n) is 10.5. The Morgan fingerprint density at radius 1 is 1.12 bits per heavy atom. The molecule has 1 aromatic carbocycles. The van der Waals surface area contributed by atoms with Gasteiger partial charge in [0.05, 0.1) is 0 Å². The van der Waals surface area contributed by atoms with Crippen LogP contribution in [0.5, 0.6) is 0 Å². The molecular formula is C23H30N2O. The Balaban J connectivity index is 1.29. The van der Waals surface area contributed by atoms with Gasteiger partial charge in [0.1, 0.15) is 0 Å². The Morgan fingerprint density at radius 2 is 1.96 bits per heavy atom. The lowest BCUT2D eigenvalue weighted by Crippen LogP contribution is -2.44. The number of para-hydroxylation sites is 1. The van der Waals surface area contributed by atoms with Crippen molar-refractivity contribution in [2.24, 2.45) is 17.8 Å². The molecule has 2 fully saturated rings. The molecule has 138 valence electrons. The molecular weight excluding hydrogens is 320 g/mol. The molecule has 3 heteroatoms. The van der Waals surface area contributed by atoms with E-state index in [9.17, 15) is 4.79 Å². The number of allylic oxidation sites excluding steroid dienone is 2. The van der Waals surface area contributed by atoms with Crippen molar-refractivity contribution in [3.63, 3.8) is 0 Å². The van der Waals surface area contributed by atoms with Crippen molar-refractivity contribution < 1.29 is 4.79 Å². The van der Waals surface area contributed by atoms with Crippen molar-refractivity contribution >= 4 is 11.6 Å². The maximum absolute atomic E-state index is 12.1. The summed E-state index contributed by atoms with van der Waals surface area (Å²) in [6.07, 6.45) is 13.1. The van der Waals surface area contributed by atoms with E-state index in [2.05, 4.69) is 40.6 Å². The van der Waals surface area contributed by atoms with Crippen LogP contribution in [0.3, 0.4) is 0 Å². The fraction of sp³-hybridized carbons (Fsp3) is 0.609. The largest absolute Gasteiger partial charge is 0.326 e. The SMILES string of the molecule is O=C1CCC2(CCN(CC3CC4C=CCC3C4)CC2)c2ccccc2N1. The van der Waals surface area contributed by atoms with Crippen molar-refractivity contribution in [3.8, 4) is 0 Å². The third-order valence-electron chi connectivity index (χ3n) is 7.63. The Morgan fingerprint density at radius 3 is 2.81 bits per heavy atom. The molecule has 4 aliphatic rings. The second-order valence-corrected chi connectivity index (χ2v) is 9.09. The van der Waals surface area contributed by atoms with Gasteiger partial charge in [-0.1, -0.05) is 30.4 Å². The highest BCUT2D eigenvalue weighted by Gasteiger charge is 2.41. The third-order valence-corrected chi connectivity index (χ3v) is 7.63. The summed E-state index contributed by atoms with van der Waals surface area (Å²) in [5.41, 5.74) is 2.63. The summed E-state index contributed by atoms with van der Waals surface area (Å²) >= 11 is 0. The van der Waals surface area contributed by atoms with E-state index in [4.69, 9.17) is 0 Å². The number of fused-ring (bicyclic) bond motifs is 4. The summed E-state index contributed by atoms with van der Waals surface area (Å²) < 4.78 is 0. The van der Waals surface area contributed by atoms with E-state index < -0.39 is 0 Å². The zero-order valence-corrected chi connectivity index (χ0v) is 15.6. The van der Waals surface area contributed by atoms with Gasteiger partial charge < -0.3 is 10.2 Å². The molecule has 26 heavy (non-hydrogen) atoms. The summed E-state index contributed by atoms with van der Waals surface area (Å²) in [6, 6.07) is 8.51. The van der Waals surface area contributed by atoms with E-state index in [1.165, 1.54) is 57.3 Å². The molecule has 0 aromatic heterocycles. The molecule has 1 amide bonds. The molecule has 2 heterocycles. The van der Waals surface area contributed by atoms with Gasteiger partial charge in [0.15, 0.2) is 0 Å². The lowest BCUT2D eigenvalue weighted by Gasteiger charge is -2.43. The number of anilines is 1. The van der Waals surface area contributed by atoms with Crippen molar-refractivity contribution in [1.29, 1.82) is 0 Å². The van der Waals surface area contributed by atoms with Crippen LogP contribution in [0.15, 0.2) is 36.4 Å². The van der Waals surface area contributed by atoms with E-state index in [0.29, 0.717) is 6.42 Å². The van der Waals surface area contributed by atoms with Gasteiger partial charge in [-0.15, -0.1) is 0 Å². The number of carbonyl (C=O) groups excluding carboxylic acids is 1. The minimum Gasteiger partial charge on any atom is -0.326 e. The van der Waals surface area contributed by atoms with Crippen LogP contribution in [0.1, 0.15) is 50.5 Å². The highest BCUT2D eigenvalue weighted by Crippen LogP contribution is 2.46. The van der Waals surface area contributed by atoms with E-state index in [0.717, 1.165) is 29.9 Å². The average Bonchev–Trinajstić information content (AvgIpc) is 2.86.